The van der Waals surface area contributed by atoms with Gasteiger partial charge in [-0.2, -0.15) is 0 Å². The molecule has 0 saturated heterocycles. The van der Waals surface area contributed by atoms with Gasteiger partial charge in [-0.15, -0.1) is 11.8 Å². The van der Waals surface area contributed by atoms with E-state index in [9.17, 15) is 24.1 Å². The second kappa shape index (κ2) is 9.66. The zero-order valence-corrected chi connectivity index (χ0v) is 16.3. The molecule has 0 aliphatic rings. The van der Waals surface area contributed by atoms with Crippen molar-refractivity contribution in [3.8, 4) is 0 Å². The standard InChI is InChI=1S/C21H16FN3O4S/c22-18-6-1-2-7-19(18)24-20(26)13-30-17-10-8-15(9-11-17)23-21(27)14-4-3-5-16(12-14)25(28)29/h1-12H,13H2,(H,23,27)(H,24,26). The fraction of sp³-hybridized carbons (Fsp3) is 0.0476. The Morgan fingerprint density at radius 1 is 0.967 bits per heavy atom. The number of nitrogens with one attached hydrogen (secondary N) is 2. The van der Waals surface area contributed by atoms with Crippen LogP contribution in [0.5, 0.6) is 0 Å². The van der Waals surface area contributed by atoms with Crippen molar-refractivity contribution in [2.45, 2.75) is 4.90 Å². The average molecular weight is 425 g/mol. The molecule has 0 saturated carbocycles. The highest BCUT2D eigenvalue weighted by molar-refractivity contribution is 8.00. The van der Waals surface area contributed by atoms with Crippen LogP contribution in [0.15, 0.2) is 77.7 Å². The fourth-order valence-corrected chi connectivity index (χ4v) is 3.19. The zero-order valence-electron chi connectivity index (χ0n) is 15.5. The van der Waals surface area contributed by atoms with Crippen LogP contribution >= 0.6 is 11.8 Å². The van der Waals surface area contributed by atoms with E-state index in [1.807, 2.05) is 0 Å². The van der Waals surface area contributed by atoms with Gasteiger partial charge in [-0.25, -0.2) is 4.39 Å². The van der Waals surface area contributed by atoms with Gasteiger partial charge in [0.1, 0.15) is 5.82 Å². The number of non-ortho nitro benzene ring substituents is 1. The van der Waals surface area contributed by atoms with E-state index in [4.69, 9.17) is 0 Å². The van der Waals surface area contributed by atoms with E-state index in [0.29, 0.717) is 5.69 Å². The number of nitrogens with zero attached hydrogens (tertiary/aromatic N) is 1. The predicted molar refractivity (Wildman–Crippen MR) is 113 cm³/mol. The molecule has 3 aromatic carbocycles. The van der Waals surface area contributed by atoms with Crippen LogP contribution in [0.4, 0.5) is 21.5 Å². The van der Waals surface area contributed by atoms with E-state index in [0.717, 1.165) is 4.90 Å². The van der Waals surface area contributed by atoms with Gasteiger partial charge in [0.25, 0.3) is 11.6 Å². The zero-order chi connectivity index (χ0) is 21.5. The smallest absolute Gasteiger partial charge is 0.270 e. The average Bonchev–Trinajstić information content (AvgIpc) is 2.75. The number of hydrogen-bond donors (Lipinski definition) is 2. The van der Waals surface area contributed by atoms with Gasteiger partial charge in [-0.05, 0) is 42.5 Å². The summed E-state index contributed by atoms with van der Waals surface area (Å²) in [5.41, 5.74) is 0.643. The summed E-state index contributed by atoms with van der Waals surface area (Å²) in [5, 5.41) is 16.0. The summed E-state index contributed by atoms with van der Waals surface area (Å²) < 4.78 is 13.6. The van der Waals surface area contributed by atoms with Crippen molar-refractivity contribution in [3.63, 3.8) is 0 Å². The number of anilines is 2. The molecule has 0 bridgehead atoms. The second-order valence-electron chi connectivity index (χ2n) is 6.10. The molecule has 0 unspecified atom stereocenters. The van der Waals surface area contributed by atoms with Crippen LogP contribution in [0.1, 0.15) is 10.4 Å². The maximum atomic E-state index is 13.6. The summed E-state index contributed by atoms with van der Waals surface area (Å²) in [6, 6.07) is 18.1. The first-order valence-electron chi connectivity index (χ1n) is 8.75. The monoisotopic (exact) mass is 425 g/mol. The predicted octanol–water partition coefficient (Wildman–Crippen LogP) is 4.72. The van der Waals surface area contributed by atoms with Crippen molar-refractivity contribution in [2.24, 2.45) is 0 Å². The first kappa shape index (κ1) is 21.0. The topological polar surface area (TPSA) is 101 Å². The highest BCUT2D eigenvalue weighted by Gasteiger charge is 2.12. The van der Waals surface area contributed by atoms with E-state index in [1.54, 1.807) is 36.4 Å². The minimum atomic E-state index is -0.564. The van der Waals surface area contributed by atoms with Gasteiger partial charge in [0.2, 0.25) is 5.91 Å². The first-order chi connectivity index (χ1) is 14.4. The number of amides is 2. The van der Waals surface area contributed by atoms with Crippen LogP contribution < -0.4 is 10.6 Å². The van der Waals surface area contributed by atoms with E-state index >= 15 is 0 Å². The number of nitro groups is 1. The van der Waals surface area contributed by atoms with Gasteiger partial charge in [0, 0.05) is 28.3 Å². The normalized spacial score (nSPS) is 10.3. The van der Waals surface area contributed by atoms with Crippen LogP contribution in [0, 0.1) is 15.9 Å². The number of nitro benzene ring substituents is 1. The molecule has 152 valence electrons. The Labute approximate surface area is 175 Å². The molecule has 0 aliphatic carbocycles. The van der Waals surface area contributed by atoms with Gasteiger partial charge < -0.3 is 10.6 Å². The lowest BCUT2D eigenvalue weighted by Crippen LogP contribution is -2.15. The summed E-state index contributed by atoms with van der Waals surface area (Å²) in [4.78, 5) is 35.3. The number of para-hydroxylation sites is 1. The van der Waals surface area contributed by atoms with Crippen molar-refractivity contribution in [1.29, 1.82) is 0 Å². The lowest BCUT2D eigenvalue weighted by Gasteiger charge is -2.08. The molecule has 2 amide bonds. The molecule has 3 aromatic rings. The minimum absolute atomic E-state index is 0.0910. The maximum Gasteiger partial charge on any atom is 0.270 e. The molecular weight excluding hydrogens is 409 g/mol. The highest BCUT2D eigenvalue weighted by atomic mass is 32.2. The van der Waals surface area contributed by atoms with E-state index < -0.39 is 16.6 Å². The van der Waals surface area contributed by atoms with E-state index in [2.05, 4.69) is 10.6 Å². The number of benzene rings is 3. The Balaban J connectivity index is 1.54. The second-order valence-corrected chi connectivity index (χ2v) is 7.15. The number of halogens is 1. The third kappa shape index (κ3) is 5.65. The number of rotatable bonds is 7. The lowest BCUT2D eigenvalue weighted by atomic mass is 10.2. The van der Waals surface area contributed by atoms with Crippen molar-refractivity contribution >= 4 is 40.6 Å². The molecule has 9 heteroatoms. The van der Waals surface area contributed by atoms with Gasteiger partial charge in [0.15, 0.2) is 0 Å². The quantitative estimate of drug-likeness (QED) is 0.324. The summed E-state index contributed by atoms with van der Waals surface area (Å²) in [6.07, 6.45) is 0. The van der Waals surface area contributed by atoms with Gasteiger partial charge in [0.05, 0.1) is 16.4 Å². The molecule has 0 radical (unpaired) electrons. The third-order valence-electron chi connectivity index (χ3n) is 3.95. The molecule has 0 spiro atoms. The van der Waals surface area contributed by atoms with Gasteiger partial charge in [-0.1, -0.05) is 18.2 Å². The number of hydrogen-bond acceptors (Lipinski definition) is 5. The summed E-state index contributed by atoms with van der Waals surface area (Å²) in [6.45, 7) is 0. The molecule has 3 rings (SSSR count). The highest BCUT2D eigenvalue weighted by Crippen LogP contribution is 2.22. The largest absolute Gasteiger partial charge is 0.323 e. The molecule has 0 fully saturated rings. The molecule has 30 heavy (non-hydrogen) atoms. The molecule has 7 nitrogen and oxygen atoms in total. The molecule has 2 N–H and O–H groups in total. The molecule has 0 atom stereocenters. The Hall–Kier alpha value is -3.72. The van der Waals surface area contributed by atoms with Crippen molar-refractivity contribution in [3.05, 3.63) is 94.3 Å². The molecule has 0 heterocycles. The lowest BCUT2D eigenvalue weighted by molar-refractivity contribution is -0.384. The summed E-state index contributed by atoms with van der Waals surface area (Å²) >= 11 is 1.26. The molecule has 0 aliphatic heterocycles. The molecule has 0 aromatic heterocycles. The van der Waals surface area contributed by atoms with Crippen molar-refractivity contribution in [2.75, 3.05) is 16.4 Å². The van der Waals surface area contributed by atoms with E-state index in [1.165, 1.54) is 48.2 Å². The Bertz CT molecular complexity index is 1090. The number of carbonyl (C=O) groups is 2. The van der Waals surface area contributed by atoms with E-state index in [-0.39, 0.29) is 28.6 Å². The van der Waals surface area contributed by atoms with Crippen LogP contribution in [-0.4, -0.2) is 22.5 Å². The van der Waals surface area contributed by atoms with Crippen LogP contribution in [0.25, 0.3) is 0 Å². The molecular formula is C21H16FN3O4S. The van der Waals surface area contributed by atoms with Crippen LogP contribution in [-0.2, 0) is 4.79 Å². The van der Waals surface area contributed by atoms with Crippen LogP contribution in [0.2, 0.25) is 0 Å². The van der Waals surface area contributed by atoms with Crippen molar-refractivity contribution < 1.29 is 18.9 Å². The Kier molecular flexibility index (Phi) is 6.76. The maximum absolute atomic E-state index is 13.6. The Morgan fingerprint density at radius 2 is 1.70 bits per heavy atom. The van der Waals surface area contributed by atoms with Gasteiger partial charge >= 0.3 is 0 Å². The SMILES string of the molecule is O=C(CSc1ccc(NC(=O)c2cccc([N+](=O)[O-])c2)cc1)Nc1ccccc1F. The Morgan fingerprint density at radius 3 is 2.40 bits per heavy atom. The summed E-state index contributed by atoms with van der Waals surface area (Å²) in [5.74, 6) is -1.22. The summed E-state index contributed by atoms with van der Waals surface area (Å²) in [7, 11) is 0. The van der Waals surface area contributed by atoms with Crippen LogP contribution in [0.3, 0.4) is 0 Å². The van der Waals surface area contributed by atoms with Gasteiger partial charge in [-0.3, -0.25) is 19.7 Å². The number of thioether (sulfide) groups is 1. The van der Waals surface area contributed by atoms with Crippen molar-refractivity contribution in [1.82, 2.24) is 0 Å². The third-order valence-corrected chi connectivity index (χ3v) is 4.96. The number of carbonyl (C=O) groups excluding carboxylic acids is 2. The first-order valence-corrected chi connectivity index (χ1v) is 9.74. The fourth-order valence-electron chi connectivity index (χ4n) is 2.50. The minimum Gasteiger partial charge on any atom is -0.323 e.